The number of rotatable bonds is 9. The molecule has 0 amide bonds. The van der Waals surface area contributed by atoms with E-state index in [9.17, 15) is 9.36 Å². The monoisotopic (exact) mass is 298 g/mol. The Kier molecular flexibility index (Phi) is 8.24. The van der Waals surface area contributed by atoms with Gasteiger partial charge in [0.15, 0.2) is 0 Å². The summed E-state index contributed by atoms with van der Waals surface area (Å²) >= 11 is 0. The Morgan fingerprint density at radius 2 is 1.90 bits per heavy atom. The predicted octanol–water partition coefficient (Wildman–Crippen LogP) is 2.92. The Bertz CT molecular complexity index is 408. The van der Waals surface area contributed by atoms with Gasteiger partial charge in [0.2, 0.25) is 0 Å². The van der Waals surface area contributed by atoms with Crippen LogP contribution in [0.4, 0.5) is 0 Å². The van der Waals surface area contributed by atoms with Crippen LogP contribution in [0.15, 0.2) is 30.3 Å². The van der Waals surface area contributed by atoms with E-state index in [1.807, 2.05) is 37.3 Å². The molecule has 5 heteroatoms. The number of carbonyl (C=O) groups is 1. The summed E-state index contributed by atoms with van der Waals surface area (Å²) in [6.07, 6.45) is 1.33. The number of esters is 1. The number of ether oxygens (including phenoxy) is 2. The normalized spacial score (nSPS) is 14.3. The van der Waals surface area contributed by atoms with E-state index in [0.717, 1.165) is 12.0 Å². The van der Waals surface area contributed by atoms with Crippen LogP contribution in [-0.2, 0) is 25.3 Å². The fourth-order valence-electron chi connectivity index (χ4n) is 2.08. The van der Waals surface area contributed by atoms with Crippen molar-refractivity contribution in [2.45, 2.75) is 32.5 Å². The molecule has 0 aliphatic rings. The van der Waals surface area contributed by atoms with Gasteiger partial charge in [-0.3, -0.25) is 4.79 Å². The Labute approximate surface area is 121 Å². The van der Waals surface area contributed by atoms with E-state index in [2.05, 4.69) is 0 Å². The smallest absolute Gasteiger partial charge is 0.312 e. The van der Waals surface area contributed by atoms with Gasteiger partial charge in [-0.25, -0.2) is 0 Å². The third kappa shape index (κ3) is 5.48. The lowest BCUT2D eigenvalue weighted by Crippen LogP contribution is -2.29. The maximum Gasteiger partial charge on any atom is 0.312 e. The Hall–Kier alpha value is -1.12. The zero-order chi connectivity index (χ0) is 14.8. The van der Waals surface area contributed by atoms with Crippen LogP contribution < -0.4 is 0 Å². The molecular weight excluding hydrogens is 275 g/mol. The van der Waals surface area contributed by atoms with Gasteiger partial charge in [0.25, 0.3) is 0 Å². The summed E-state index contributed by atoms with van der Waals surface area (Å²) in [5, 5.41) is 0. The number of hydrogen-bond donors (Lipinski definition) is 0. The van der Waals surface area contributed by atoms with Gasteiger partial charge in [-0.05, 0) is 32.3 Å². The van der Waals surface area contributed by atoms with Gasteiger partial charge in [0.1, 0.15) is 5.85 Å². The average molecular weight is 298 g/mol. The molecule has 1 aromatic carbocycles. The molecule has 4 nitrogen and oxygen atoms in total. The van der Waals surface area contributed by atoms with Crippen LogP contribution in [0.5, 0.6) is 0 Å². The molecule has 0 aliphatic carbocycles. The van der Waals surface area contributed by atoms with Crippen LogP contribution in [0.2, 0.25) is 0 Å². The van der Waals surface area contributed by atoms with Crippen molar-refractivity contribution >= 4 is 14.4 Å². The maximum atomic E-state index is 12.0. The highest BCUT2D eigenvalue weighted by molar-refractivity contribution is 7.24. The van der Waals surface area contributed by atoms with Crippen molar-refractivity contribution in [3.63, 3.8) is 0 Å². The van der Waals surface area contributed by atoms with E-state index in [-0.39, 0.29) is 5.97 Å². The molecule has 3 unspecified atom stereocenters. The Morgan fingerprint density at radius 1 is 1.20 bits per heavy atom. The third-order valence-electron chi connectivity index (χ3n) is 3.07. The van der Waals surface area contributed by atoms with Crippen molar-refractivity contribution < 1.29 is 18.8 Å². The molecule has 0 spiro atoms. The Balaban J connectivity index is 2.71. The number of hydrogen-bond acceptors (Lipinski definition) is 4. The molecule has 0 aliphatic heterocycles. The molecule has 1 aromatic rings. The molecule has 0 N–H and O–H groups in total. The van der Waals surface area contributed by atoms with Crippen molar-refractivity contribution in [3.8, 4) is 0 Å². The fraction of sp³-hybridized carbons (Fsp3) is 0.533. The van der Waals surface area contributed by atoms with Gasteiger partial charge >= 0.3 is 5.97 Å². The SMILES string of the molecule is CCOC(=O)C(CCc1ccccc1)C(OCC)[PH2]=O. The lowest BCUT2D eigenvalue weighted by atomic mass is 10.00. The molecule has 0 aromatic heterocycles. The first-order valence-electron chi connectivity index (χ1n) is 7.00. The third-order valence-corrected chi connectivity index (χ3v) is 3.99. The van der Waals surface area contributed by atoms with Crippen molar-refractivity contribution in [2.75, 3.05) is 13.2 Å². The highest BCUT2D eigenvalue weighted by Crippen LogP contribution is 2.25. The van der Waals surface area contributed by atoms with Crippen molar-refractivity contribution in [1.29, 1.82) is 0 Å². The highest BCUT2D eigenvalue weighted by Gasteiger charge is 2.29. The summed E-state index contributed by atoms with van der Waals surface area (Å²) < 4.78 is 21.8. The standard InChI is InChI=1S/C15H23O4P/c1-3-18-14(16)13(15(20-17)19-4-2)11-10-12-8-6-5-7-9-12/h5-9,13,15H,3-4,10-11,20H2,1-2H3. The molecule has 0 saturated heterocycles. The first kappa shape index (κ1) is 16.9. The second-order valence-electron chi connectivity index (χ2n) is 4.44. The summed E-state index contributed by atoms with van der Waals surface area (Å²) in [6, 6.07) is 9.92. The lowest BCUT2D eigenvalue weighted by Gasteiger charge is -2.21. The maximum absolute atomic E-state index is 12.0. The first-order valence-corrected chi connectivity index (χ1v) is 8.14. The fourth-order valence-corrected chi connectivity index (χ4v) is 2.89. The largest absolute Gasteiger partial charge is 0.466 e. The summed E-state index contributed by atoms with van der Waals surface area (Å²) in [7, 11) is -1.17. The molecule has 0 radical (unpaired) electrons. The van der Waals surface area contributed by atoms with Crippen LogP contribution >= 0.6 is 8.46 Å². The van der Waals surface area contributed by atoms with Gasteiger partial charge in [-0.15, -0.1) is 0 Å². The predicted molar refractivity (Wildman–Crippen MR) is 80.7 cm³/mol. The summed E-state index contributed by atoms with van der Waals surface area (Å²) in [6.45, 7) is 4.38. The number of aryl methyl sites for hydroxylation is 1. The van der Waals surface area contributed by atoms with Crippen molar-refractivity contribution in [2.24, 2.45) is 5.92 Å². The minimum atomic E-state index is -1.17. The minimum absolute atomic E-state index is 0.315. The summed E-state index contributed by atoms with van der Waals surface area (Å²) in [4.78, 5) is 12.0. The summed E-state index contributed by atoms with van der Waals surface area (Å²) in [5.74, 6) is -1.30. The van der Waals surface area contributed by atoms with Gasteiger partial charge in [-0.1, -0.05) is 30.3 Å². The molecular formula is C15H23O4P. The number of carbonyl (C=O) groups excluding carboxylic acids is 1. The molecule has 0 bridgehead atoms. The van der Waals surface area contributed by atoms with Crippen LogP contribution in [-0.4, -0.2) is 25.0 Å². The van der Waals surface area contributed by atoms with Gasteiger partial charge < -0.3 is 14.0 Å². The first-order chi connectivity index (χ1) is 9.72. The van der Waals surface area contributed by atoms with E-state index in [0.29, 0.717) is 19.6 Å². The van der Waals surface area contributed by atoms with Gasteiger partial charge in [0, 0.05) is 6.61 Å². The van der Waals surface area contributed by atoms with Gasteiger partial charge in [-0.2, -0.15) is 0 Å². The topological polar surface area (TPSA) is 52.6 Å². The molecule has 0 fully saturated rings. The van der Waals surface area contributed by atoms with Crippen LogP contribution in [0, 0.1) is 5.92 Å². The van der Waals surface area contributed by atoms with E-state index in [4.69, 9.17) is 9.47 Å². The van der Waals surface area contributed by atoms with Crippen molar-refractivity contribution in [3.05, 3.63) is 35.9 Å². The average Bonchev–Trinajstić information content (AvgIpc) is 2.47. The van der Waals surface area contributed by atoms with Crippen molar-refractivity contribution in [1.82, 2.24) is 0 Å². The zero-order valence-electron chi connectivity index (χ0n) is 12.1. The zero-order valence-corrected chi connectivity index (χ0v) is 13.2. The molecule has 0 saturated carbocycles. The second kappa shape index (κ2) is 9.73. The number of benzene rings is 1. The van der Waals surface area contributed by atoms with Crippen LogP contribution in [0.25, 0.3) is 0 Å². The quantitative estimate of drug-likeness (QED) is 0.519. The molecule has 1 rings (SSSR count). The van der Waals surface area contributed by atoms with Crippen LogP contribution in [0.3, 0.4) is 0 Å². The second-order valence-corrected chi connectivity index (χ2v) is 5.37. The molecule has 112 valence electrons. The highest BCUT2D eigenvalue weighted by atomic mass is 31.1. The van der Waals surface area contributed by atoms with E-state index < -0.39 is 20.2 Å². The summed E-state index contributed by atoms with van der Waals surface area (Å²) in [5.41, 5.74) is 1.15. The van der Waals surface area contributed by atoms with E-state index in [1.54, 1.807) is 6.92 Å². The van der Waals surface area contributed by atoms with E-state index in [1.165, 1.54) is 0 Å². The van der Waals surface area contributed by atoms with Gasteiger partial charge in [0.05, 0.1) is 21.0 Å². The molecule has 3 atom stereocenters. The minimum Gasteiger partial charge on any atom is -0.466 e. The Morgan fingerprint density at radius 3 is 2.45 bits per heavy atom. The molecule has 20 heavy (non-hydrogen) atoms. The van der Waals surface area contributed by atoms with E-state index >= 15 is 0 Å². The molecule has 0 heterocycles. The lowest BCUT2D eigenvalue weighted by molar-refractivity contribution is -0.151. The van der Waals surface area contributed by atoms with Crippen LogP contribution in [0.1, 0.15) is 25.8 Å².